The second kappa shape index (κ2) is 10.2. The number of ether oxygens (including phenoxy) is 1. The van der Waals surface area contributed by atoms with Gasteiger partial charge < -0.3 is 10.1 Å². The number of nitrogens with zero attached hydrogens (tertiary/aromatic N) is 1. The summed E-state index contributed by atoms with van der Waals surface area (Å²) < 4.78 is 5.71. The molecule has 0 saturated carbocycles. The first-order valence-corrected chi connectivity index (χ1v) is 8.21. The van der Waals surface area contributed by atoms with E-state index in [9.17, 15) is 4.79 Å². The predicted octanol–water partition coefficient (Wildman–Crippen LogP) is 3.04. The van der Waals surface area contributed by atoms with Crippen LogP contribution in [0, 0.1) is 0 Å². The minimum Gasteiger partial charge on any atom is -0.494 e. The molecule has 0 aromatic heterocycles. The number of amides is 1. The molecule has 124 valence electrons. The van der Waals surface area contributed by atoms with Gasteiger partial charge in [0, 0.05) is 6.54 Å². The zero-order valence-electron chi connectivity index (χ0n) is 14.4. The van der Waals surface area contributed by atoms with Gasteiger partial charge in [0.05, 0.1) is 13.2 Å². The van der Waals surface area contributed by atoms with Gasteiger partial charge in [0.15, 0.2) is 0 Å². The van der Waals surface area contributed by atoms with Crippen LogP contribution in [0.25, 0.3) is 0 Å². The van der Waals surface area contributed by atoms with Crippen molar-refractivity contribution in [2.75, 3.05) is 33.3 Å². The first-order valence-electron chi connectivity index (χ1n) is 8.21. The predicted molar refractivity (Wildman–Crippen MR) is 91.4 cm³/mol. The van der Waals surface area contributed by atoms with Gasteiger partial charge in [0.2, 0.25) is 5.91 Å². The van der Waals surface area contributed by atoms with Crippen LogP contribution in [0.15, 0.2) is 24.3 Å². The molecule has 1 aromatic rings. The number of hydrogen-bond donors (Lipinski definition) is 1. The number of carbonyl (C=O) groups excluding carboxylic acids is 1. The number of nitrogens with one attached hydrogen (secondary N) is 1. The van der Waals surface area contributed by atoms with E-state index in [1.165, 1.54) is 5.56 Å². The Kier molecular flexibility index (Phi) is 8.60. The second-order valence-corrected chi connectivity index (χ2v) is 5.96. The summed E-state index contributed by atoms with van der Waals surface area (Å²) in [5.74, 6) is 1.55. The van der Waals surface area contributed by atoms with Crippen molar-refractivity contribution < 1.29 is 9.53 Å². The summed E-state index contributed by atoms with van der Waals surface area (Å²) in [5.41, 5.74) is 1.33. The summed E-state index contributed by atoms with van der Waals surface area (Å²) in [6.07, 6.45) is 1.88. The Morgan fingerprint density at radius 2 is 1.91 bits per heavy atom. The number of hydrogen-bond acceptors (Lipinski definition) is 3. The topological polar surface area (TPSA) is 41.6 Å². The Bertz CT molecular complexity index is 429. The average molecular weight is 306 g/mol. The van der Waals surface area contributed by atoms with Crippen molar-refractivity contribution in [1.29, 1.82) is 0 Å². The molecule has 0 heterocycles. The maximum Gasteiger partial charge on any atom is 0.234 e. The number of likely N-dealkylation sites (N-methyl/N-ethyl adjacent to an activating group) is 1. The lowest BCUT2D eigenvalue weighted by atomic mass is 10.0. The van der Waals surface area contributed by atoms with Crippen LogP contribution < -0.4 is 10.1 Å². The molecular weight excluding hydrogens is 276 g/mol. The van der Waals surface area contributed by atoms with Crippen LogP contribution >= 0.6 is 0 Å². The van der Waals surface area contributed by atoms with Gasteiger partial charge in [-0.25, -0.2) is 0 Å². The Morgan fingerprint density at radius 3 is 2.50 bits per heavy atom. The van der Waals surface area contributed by atoms with Crippen LogP contribution in [0.1, 0.15) is 45.1 Å². The number of benzene rings is 1. The molecule has 1 aromatic carbocycles. The molecule has 0 fully saturated rings. The molecule has 1 amide bonds. The van der Waals surface area contributed by atoms with Crippen LogP contribution in [0.5, 0.6) is 5.75 Å². The molecule has 1 N–H and O–H groups in total. The molecular formula is C18H30N2O2. The van der Waals surface area contributed by atoms with Crippen molar-refractivity contribution in [3.63, 3.8) is 0 Å². The molecule has 0 spiro atoms. The van der Waals surface area contributed by atoms with Crippen molar-refractivity contribution in [2.45, 2.75) is 39.5 Å². The number of rotatable bonds is 10. The van der Waals surface area contributed by atoms with Gasteiger partial charge in [-0.15, -0.1) is 0 Å². The summed E-state index contributed by atoms with van der Waals surface area (Å²) in [7, 11) is 1.94. The highest BCUT2D eigenvalue weighted by Crippen LogP contribution is 2.18. The van der Waals surface area contributed by atoms with Gasteiger partial charge in [-0.3, -0.25) is 9.69 Å². The largest absolute Gasteiger partial charge is 0.494 e. The van der Waals surface area contributed by atoms with Crippen LogP contribution in [0.4, 0.5) is 0 Å². The molecule has 0 radical (unpaired) electrons. The van der Waals surface area contributed by atoms with E-state index < -0.39 is 0 Å². The van der Waals surface area contributed by atoms with Crippen molar-refractivity contribution in [3.05, 3.63) is 29.8 Å². The van der Waals surface area contributed by atoms with Gasteiger partial charge >= 0.3 is 0 Å². The van der Waals surface area contributed by atoms with E-state index in [2.05, 4.69) is 31.3 Å². The van der Waals surface area contributed by atoms with Crippen LogP contribution in [-0.4, -0.2) is 44.1 Å². The normalized spacial score (nSPS) is 11.0. The van der Waals surface area contributed by atoms with E-state index in [-0.39, 0.29) is 5.91 Å². The average Bonchev–Trinajstić information content (AvgIpc) is 2.51. The van der Waals surface area contributed by atoms with E-state index in [0.717, 1.165) is 25.1 Å². The molecule has 4 heteroatoms. The fourth-order valence-electron chi connectivity index (χ4n) is 2.01. The molecule has 0 unspecified atom stereocenters. The summed E-state index contributed by atoms with van der Waals surface area (Å²) in [5, 5.41) is 2.93. The molecule has 22 heavy (non-hydrogen) atoms. The van der Waals surface area contributed by atoms with Crippen molar-refractivity contribution in [2.24, 2.45) is 0 Å². The fourth-order valence-corrected chi connectivity index (χ4v) is 2.01. The van der Waals surface area contributed by atoms with E-state index in [0.29, 0.717) is 25.6 Å². The minimum atomic E-state index is 0.0922. The van der Waals surface area contributed by atoms with E-state index in [4.69, 9.17) is 4.74 Å². The van der Waals surface area contributed by atoms with Crippen LogP contribution in [0.2, 0.25) is 0 Å². The highest BCUT2D eigenvalue weighted by atomic mass is 16.5. The van der Waals surface area contributed by atoms with Gasteiger partial charge in [-0.05, 0) is 50.0 Å². The van der Waals surface area contributed by atoms with E-state index >= 15 is 0 Å². The lowest BCUT2D eigenvalue weighted by Gasteiger charge is -2.13. The van der Waals surface area contributed by atoms with E-state index in [1.807, 2.05) is 31.0 Å². The van der Waals surface area contributed by atoms with Gasteiger partial charge in [0.1, 0.15) is 5.75 Å². The van der Waals surface area contributed by atoms with Crippen molar-refractivity contribution in [3.8, 4) is 5.75 Å². The van der Waals surface area contributed by atoms with Gasteiger partial charge in [-0.1, -0.05) is 32.9 Å². The Balaban J connectivity index is 2.09. The maximum absolute atomic E-state index is 11.6. The molecule has 0 atom stereocenters. The maximum atomic E-state index is 11.6. The van der Waals surface area contributed by atoms with Crippen molar-refractivity contribution >= 4 is 5.91 Å². The molecule has 0 aliphatic rings. The minimum absolute atomic E-state index is 0.0922. The Labute approximate surface area is 134 Å². The highest BCUT2D eigenvalue weighted by Gasteiger charge is 2.03. The summed E-state index contributed by atoms with van der Waals surface area (Å²) in [4.78, 5) is 13.6. The lowest BCUT2D eigenvalue weighted by Crippen LogP contribution is -2.35. The zero-order valence-corrected chi connectivity index (χ0v) is 14.4. The summed E-state index contributed by atoms with van der Waals surface area (Å²) in [6, 6.07) is 8.28. The Hall–Kier alpha value is -1.55. The Morgan fingerprint density at radius 1 is 1.23 bits per heavy atom. The van der Waals surface area contributed by atoms with Gasteiger partial charge in [-0.2, -0.15) is 0 Å². The quantitative estimate of drug-likeness (QED) is 0.676. The van der Waals surface area contributed by atoms with Gasteiger partial charge in [0.25, 0.3) is 0 Å². The fraction of sp³-hybridized carbons (Fsp3) is 0.611. The van der Waals surface area contributed by atoms with Crippen LogP contribution in [-0.2, 0) is 4.79 Å². The van der Waals surface area contributed by atoms with E-state index in [1.54, 1.807) is 0 Å². The highest BCUT2D eigenvalue weighted by molar-refractivity contribution is 5.77. The smallest absolute Gasteiger partial charge is 0.234 e. The third-order valence-corrected chi connectivity index (χ3v) is 3.66. The monoisotopic (exact) mass is 306 g/mol. The lowest BCUT2D eigenvalue weighted by molar-refractivity contribution is -0.121. The number of unbranched alkanes of at least 4 members (excludes halogenated alkanes) is 1. The molecule has 0 aliphatic heterocycles. The standard InChI is InChI=1S/C18H30N2O2/c1-5-20(4)14-18(21)19-12-6-7-13-22-17-10-8-16(9-11-17)15(2)3/h8-11,15H,5-7,12-14H2,1-4H3,(H,19,21). The molecule has 0 saturated heterocycles. The summed E-state index contributed by atoms with van der Waals surface area (Å²) >= 11 is 0. The molecule has 4 nitrogen and oxygen atoms in total. The van der Waals surface area contributed by atoms with Crippen molar-refractivity contribution in [1.82, 2.24) is 10.2 Å². The first-order chi connectivity index (χ1) is 10.5. The first kappa shape index (κ1) is 18.5. The third kappa shape index (κ3) is 7.46. The third-order valence-electron chi connectivity index (χ3n) is 3.66. The summed E-state index contributed by atoms with van der Waals surface area (Å²) in [6.45, 7) is 9.16. The van der Waals surface area contributed by atoms with Crippen LogP contribution in [0.3, 0.4) is 0 Å². The second-order valence-electron chi connectivity index (χ2n) is 5.96. The molecule has 0 bridgehead atoms. The zero-order chi connectivity index (χ0) is 16.4. The molecule has 0 aliphatic carbocycles. The molecule has 1 rings (SSSR count). The SMILES string of the molecule is CCN(C)CC(=O)NCCCCOc1ccc(C(C)C)cc1. The number of carbonyl (C=O) groups is 1.